The van der Waals surface area contributed by atoms with Gasteiger partial charge in [0.25, 0.3) is 0 Å². The number of anilines is 2. The third kappa shape index (κ3) is 3.91. The van der Waals surface area contributed by atoms with Crippen molar-refractivity contribution < 1.29 is 14.3 Å². The van der Waals surface area contributed by atoms with Gasteiger partial charge in [-0.2, -0.15) is 0 Å². The number of urea groups is 1. The van der Waals surface area contributed by atoms with Crippen LogP contribution in [0.3, 0.4) is 0 Å². The molecule has 136 valence electrons. The molecule has 0 atom stereocenters. The van der Waals surface area contributed by atoms with Gasteiger partial charge in [-0.3, -0.25) is 9.89 Å². The van der Waals surface area contributed by atoms with Gasteiger partial charge in [0, 0.05) is 24.7 Å². The summed E-state index contributed by atoms with van der Waals surface area (Å²) in [5, 5.41) is 3.33. The maximum Gasteiger partial charge on any atom is 0.331 e. The summed E-state index contributed by atoms with van der Waals surface area (Å²) in [5.41, 5.74) is 1.27. The molecule has 0 spiro atoms. The second-order valence-corrected chi connectivity index (χ2v) is 6.13. The van der Waals surface area contributed by atoms with E-state index in [2.05, 4.69) is 10.3 Å². The second kappa shape index (κ2) is 8.10. The second-order valence-electron chi connectivity index (χ2n) is 5.72. The number of methoxy groups -OCH3 is 2. The van der Waals surface area contributed by atoms with Crippen molar-refractivity contribution in [2.24, 2.45) is 4.99 Å². The van der Waals surface area contributed by atoms with Crippen molar-refractivity contribution in [3.63, 3.8) is 0 Å². The molecule has 0 unspecified atom stereocenters. The van der Waals surface area contributed by atoms with E-state index >= 15 is 0 Å². The number of halogens is 1. The molecule has 1 aliphatic heterocycles. The minimum Gasteiger partial charge on any atom is -0.497 e. The molecule has 0 aromatic heterocycles. The molecule has 0 saturated carbocycles. The Morgan fingerprint density at radius 2 is 2.04 bits per heavy atom. The van der Waals surface area contributed by atoms with Gasteiger partial charge in [-0.15, -0.1) is 0 Å². The molecule has 7 heteroatoms. The van der Waals surface area contributed by atoms with Crippen molar-refractivity contribution >= 4 is 34.8 Å². The molecule has 6 nitrogen and oxygen atoms in total. The predicted octanol–water partition coefficient (Wildman–Crippen LogP) is 4.59. The SMILES string of the molecule is COc1cccc(NC(=O)N(C2=NCCC2)c2ccc(OC)c(Cl)c2)c1. The third-order valence-electron chi connectivity index (χ3n) is 4.03. The number of ether oxygens (including phenoxy) is 2. The summed E-state index contributed by atoms with van der Waals surface area (Å²) in [7, 11) is 3.13. The van der Waals surface area contributed by atoms with Gasteiger partial charge in [0.15, 0.2) is 0 Å². The van der Waals surface area contributed by atoms with Gasteiger partial charge in [-0.05, 0) is 36.8 Å². The van der Waals surface area contributed by atoms with E-state index in [9.17, 15) is 4.79 Å². The van der Waals surface area contributed by atoms with Gasteiger partial charge < -0.3 is 14.8 Å². The topological polar surface area (TPSA) is 63.2 Å². The molecular formula is C19H20ClN3O3. The number of nitrogens with zero attached hydrogens (tertiary/aromatic N) is 2. The van der Waals surface area contributed by atoms with Crippen molar-refractivity contribution in [3.8, 4) is 11.5 Å². The normalized spacial score (nSPS) is 13.1. The average Bonchev–Trinajstić information content (AvgIpc) is 3.16. The number of hydrogen-bond donors (Lipinski definition) is 1. The largest absolute Gasteiger partial charge is 0.497 e. The van der Waals surface area contributed by atoms with Crippen molar-refractivity contribution in [2.75, 3.05) is 31.0 Å². The lowest BCUT2D eigenvalue weighted by Crippen LogP contribution is -2.39. The highest BCUT2D eigenvalue weighted by atomic mass is 35.5. The van der Waals surface area contributed by atoms with Gasteiger partial charge in [0.2, 0.25) is 0 Å². The number of amides is 2. The quantitative estimate of drug-likeness (QED) is 0.852. The molecule has 0 fully saturated rings. The summed E-state index contributed by atoms with van der Waals surface area (Å²) in [6.45, 7) is 0.710. The van der Waals surface area contributed by atoms with Crippen LogP contribution in [0, 0.1) is 0 Å². The molecule has 1 N–H and O–H groups in total. The van der Waals surface area contributed by atoms with Crippen molar-refractivity contribution in [1.82, 2.24) is 0 Å². The lowest BCUT2D eigenvalue weighted by Gasteiger charge is -2.24. The Morgan fingerprint density at radius 3 is 2.69 bits per heavy atom. The average molecular weight is 374 g/mol. The van der Waals surface area contributed by atoms with E-state index in [1.807, 2.05) is 12.1 Å². The molecule has 2 aromatic rings. The van der Waals surface area contributed by atoms with E-state index in [0.717, 1.165) is 12.8 Å². The Balaban J connectivity index is 1.90. The summed E-state index contributed by atoms with van der Waals surface area (Å²) >= 11 is 6.24. The standard InChI is InChI=1S/C19H20ClN3O3/c1-25-15-6-3-5-13(11-15)22-19(24)23(18-7-4-10-21-18)14-8-9-17(26-2)16(20)12-14/h3,5-6,8-9,11-12H,4,7,10H2,1-2H3,(H,22,24). The van der Waals surface area contributed by atoms with Crippen molar-refractivity contribution in [3.05, 3.63) is 47.5 Å². The van der Waals surface area contributed by atoms with Crippen LogP contribution >= 0.6 is 11.6 Å². The molecule has 2 aromatic carbocycles. The zero-order valence-corrected chi connectivity index (χ0v) is 15.4. The number of carbonyl (C=O) groups is 1. The molecule has 1 heterocycles. The minimum absolute atomic E-state index is 0.305. The zero-order chi connectivity index (χ0) is 18.5. The minimum atomic E-state index is -0.305. The van der Waals surface area contributed by atoms with Gasteiger partial charge in [-0.1, -0.05) is 17.7 Å². The van der Waals surface area contributed by atoms with Gasteiger partial charge >= 0.3 is 6.03 Å². The van der Waals surface area contributed by atoms with E-state index < -0.39 is 0 Å². The van der Waals surface area contributed by atoms with Crippen LogP contribution in [-0.2, 0) is 0 Å². The Morgan fingerprint density at radius 1 is 1.19 bits per heavy atom. The summed E-state index contributed by atoms with van der Waals surface area (Å²) in [6, 6.07) is 12.1. The highest BCUT2D eigenvalue weighted by molar-refractivity contribution is 6.32. The fraction of sp³-hybridized carbons (Fsp3) is 0.263. The maximum atomic E-state index is 13.0. The number of amidine groups is 1. The summed E-state index contributed by atoms with van der Waals surface area (Å²) in [5.74, 6) is 1.93. The van der Waals surface area contributed by atoms with Crippen LogP contribution in [0.25, 0.3) is 0 Å². The number of aliphatic imine (C=N–C) groups is 1. The molecule has 0 saturated heterocycles. The molecular weight excluding hydrogens is 354 g/mol. The highest BCUT2D eigenvalue weighted by Gasteiger charge is 2.24. The number of carbonyl (C=O) groups excluding carboxylic acids is 1. The van der Waals surface area contributed by atoms with Crippen LogP contribution in [0.4, 0.5) is 16.2 Å². The van der Waals surface area contributed by atoms with E-state index in [4.69, 9.17) is 21.1 Å². The number of benzene rings is 2. The van der Waals surface area contributed by atoms with E-state index in [-0.39, 0.29) is 6.03 Å². The van der Waals surface area contributed by atoms with Crippen LogP contribution < -0.4 is 19.7 Å². The van der Waals surface area contributed by atoms with Gasteiger partial charge in [0.1, 0.15) is 17.3 Å². The Kier molecular flexibility index (Phi) is 5.63. The Labute approximate surface area is 157 Å². The molecule has 3 rings (SSSR count). The van der Waals surface area contributed by atoms with Gasteiger partial charge in [-0.25, -0.2) is 4.79 Å². The van der Waals surface area contributed by atoms with E-state index in [1.165, 1.54) is 0 Å². The monoisotopic (exact) mass is 373 g/mol. The van der Waals surface area contributed by atoms with Crippen LogP contribution in [0.5, 0.6) is 11.5 Å². The molecule has 0 aliphatic carbocycles. The molecule has 2 amide bonds. The highest BCUT2D eigenvalue weighted by Crippen LogP contribution is 2.31. The first-order valence-corrected chi connectivity index (χ1v) is 8.62. The predicted molar refractivity (Wildman–Crippen MR) is 104 cm³/mol. The fourth-order valence-corrected chi connectivity index (χ4v) is 3.02. The Bertz CT molecular complexity index is 839. The first-order chi connectivity index (χ1) is 12.6. The lowest BCUT2D eigenvalue weighted by molar-refractivity contribution is 0.259. The lowest BCUT2D eigenvalue weighted by atomic mass is 10.2. The maximum absolute atomic E-state index is 13.0. The summed E-state index contributed by atoms with van der Waals surface area (Å²) < 4.78 is 10.4. The summed E-state index contributed by atoms with van der Waals surface area (Å²) in [4.78, 5) is 19.0. The smallest absolute Gasteiger partial charge is 0.331 e. The molecule has 0 bridgehead atoms. The van der Waals surface area contributed by atoms with Crippen LogP contribution in [0.15, 0.2) is 47.5 Å². The third-order valence-corrected chi connectivity index (χ3v) is 4.32. The van der Waals surface area contributed by atoms with Crippen molar-refractivity contribution in [1.29, 1.82) is 0 Å². The zero-order valence-electron chi connectivity index (χ0n) is 14.7. The number of rotatable bonds is 4. The molecule has 1 aliphatic rings. The number of nitrogens with one attached hydrogen (secondary N) is 1. The first kappa shape index (κ1) is 18.1. The van der Waals surface area contributed by atoms with Crippen LogP contribution in [0.1, 0.15) is 12.8 Å². The van der Waals surface area contributed by atoms with Gasteiger partial charge in [0.05, 0.1) is 24.9 Å². The molecule has 26 heavy (non-hydrogen) atoms. The van der Waals surface area contributed by atoms with E-state index in [1.54, 1.807) is 49.5 Å². The van der Waals surface area contributed by atoms with Crippen LogP contribution in [0.2, 0.25) is 5.02 Å². The summed E-state index contributed by atoms with van der Waals surface area (Å²) in [6.07, 6.45) is 1.65. The van der Waals surface area contributed by atoms with E-state index in [0.29, 0.717) is 40.3 Å². The molecule has 0 radical (unpaired) electrons. The van der Waals surface area contributed by atoms with Crippen molar-refractivity contribution in [2.45, 2.75) is 12.8 Å². The number of hydrogen-bond acceptors (Lipinski definition) is 4. The van der Waals surface area contributed by atoms with Crippen LogP contribution in [-0.4, -0.2) is 32.6 Å². The Hall–Kier alpha value is -2.73. The fourth-order valence-electron chi connectivity index (χ4n) is 2.76. The first-order valence-electron chi connectivity index (χ1n) is 8.24.